The molecule has 0 unspecified atom stereocenters. The van der Waals surface area contributed by atoms with Gasteiger partial charge in [-0.2, -0.15) is 0 Å². The Kier molecular flexibility index (Phi) is 5.44. The van der Waals surface area contributed by atoms with Gasteiger partial charge in [-0.15, -0.1) is 13.2 Å². The Balaban J connectivity index is 2.95. The van der Waals surface area contributed by atoms with Crippen LogP contribution >= 0.6 is 0 Å². The van der Waals surface area contributed by atoms with E-state index in [1.807, 2.05) is 0 Å². The van der Waals surface area contributed by atoms with Gasteiger partial charge >= 0.3 is 6.36 Å². The predicted octanol–water partition coefficient (Wildman–Crippen LogP) is 2.33. The SMILES string of the molecule is COc1ccc(OC(F)(F)F)cc1[C@@H](N)CCCN. The lowest BCUT2D eigenvalue weighted by molar-refractivity contribution is -0.274. The average Bonchev–Trinajstić information content (AvgIpc) is 2.34. The molecule has 19 heavy (non-hydrogen) atoms. The second-order valence-electron chi connectivity index (χ2n) is 3.99. The van der Waals surface area contributed by atoms with Crippen molar-refractivity contribution in [2.75, 3.05) is 13.7 Å². The van der Waals surface area contributed by atoms with E-state index in [1.54, 1.807) is 0 Å². The summed E-state index contributed by atoms with van der Waals surface area (Å²) in [5.74, 6) is 0.116. The van der Waals surface area contributed by atoms with E-state index in [2.05, 4.69) is 4.74 Å². The molecule has 0 spiro atoms. The van der Waals surface area contributed by atoms with E-state index < -0.39 is 12.4 Å². The fourth-order valence-corrected chi connectivity index (χ4v) is 1.69. The van der Waals surface area contributed by atoms with Gasteiger partial charge in [0.2, 0.25) is 0 Å². The molecular weight excluding hydrogens is 261 g/mol. The lowest BCUT2D eigenvalue weighted by Gasteiger charge is -2.17. The Hall–Kier alpha value is -1.47. The summed E-state index contributed by atoms with van der Waals surface area (Å²) in [7, 11) is 1.43. The van der Waals surface area contributed by atoms with Crippen LogP contribution < -0.4 is 20.9 Å². The molecule has 0 heterocycles. The molecule has 0 aliphatic heterocycles. The molecule has 1 rings (SSSR count). The summed E-state index contributed by atoms with van der Waals surface area (Å²) in [5, 5.41) is 0. The van der Waals surface area contributed by atoms with Crippen molar-refractivity contribution < 1.29 is 22.6 Å². The average molecular weight is 278 g/mol. The quantitative estimate of drug-likeness (QED) is 0.838. The topological polar surface area (TPSA) is 70.5 Å². The molecule has 1 atom stereocenters. The minimum Gasteiger partial charge on any atom is -0.496 e. The Morgan fingerprint density at radius 3 is 2.53 bits per heavy atom. The summed E-state index contributed by atoms with van der Waals surface area (Å²) in [6, 6.07) is 3.38. The second kappa shape index (κ2) is 6.63. The van der Waals surface area contributed by atoms with E-state index in [0.717, 1.165) is 0 Å². The van der Waals surface area contributed by atoms with Crippen LogP contribution in [0, 0.1) is 0 Å². The summed E-state index contributed by atoms with van der Waals surface area (Å²) >= 11 is 0. The smallest absolute Gasteiger partial charge is 0.496 e. The summed E-state index contributed by atoms with van der Waals surface area (Å²) in [5.41, 5.74) is 11.8. The summed E-state index contributed by atoms with van der Waals surface area (Å²) < 4.78 is 45.4. The zero-order valence-electron chi connectivity index (χ0n) is 10.5. The monoisotopic (exact) mass is 278 g/mol. The van der Waals surface area contributed by atoms with E-state index >= 15 is 0 Å². The molecule has 0 bridgehead atoms. The van der Waals surface area contributed by atoms with Crippen LogP contribution in [0.5, 0.6) is 11.5 Å². The molecule has 0 fully saturated rings. The fourth-order valence-electron chi connectivity index (χ4n) is 1.69. The van der Waals surface area contributed by atoms with Crippen LogP contribution in [-0.2, 0) is 0 Å². The number of nitrogens with two attached hydrogens (primary N) is 2. The van der Waals surface area contributed by atoms with E-state index in [-0.39, 0.29) is 5.75 Å². The van der Waals surface area contributed by atoms with Crippen molar-refractivity contribution in [1.82, 2.24) is 0 Å². The number of halogens is 3. The standard InChI is InChI=1S/C12H17F3N2O2/c1-18-11-5-4-8(19-12(13,14)15)7-9(11)10(17)3-2-6-16/h4-5,7,10H,2-3,6,16-17H2,1H3/t10-/m0/s1. The molecule has 4 N–H and O–H groups in total. The molecule has 1 aromatic rings. The highest BCUT2D eigenvalue weighted by molar-refractivity contribution is 5.42. The van der Waals surface area contributed by atoms with Crippen molar-refractivity contribution in [1.29, 1.82) is 0 Å². The fraction of sp³-hybridized carbons (Fsp3) is 0.500. The summed E-state index contributed by atoms with van der Waals surface area (Å²) in [6.45, 7) is 0.467. The van der Waals surface area contributed by atoms with E-state index in [4.69, 9.17) is 16.2 Å². The molecule has 0 aliphatic carbocycles. The number of hydrogen-bond acceptors (Lipinski definition) is 4. The molecule has 4 nitrogen and oxygen atoms in total. The zero-order valence-corrected chi connectivity index (χ0v) is 10.5. The van der Waals surface area contributed by atoms with Crippen LogP contribution in [0.2, 0.25) is 0 Å². The first-order valence-electron chi connectivity index (χ1n) is 5.76. The molecule has 0 saturated heterocycles. The highest BCUT2D eigenvalue weighted by Gasteiger charge is 2.31. The van der Waals surface area contributed by atoms with Crippen LogP contribution in [0.15, 0.2) is 18.2 Å². The number of hydrogen-bond donors (Lipinski definition) is 2. The third-order valence-corrected chi connectivity index (χ3v) is 2.55. The van der Waals surface area contributed by atoms with Gasteiger partial charge in [0.25, 0.3) is 0 Å². The van der Waals surface area contributed by atoms with Crippen LogP contribution in [-0.4, -0.2) is 20.0 Å². The van der Waals surface area contributed by atoms with Crippen molar-refractivity contribution in [2.45, 2.75) is 25.2 Å². The largest absolute Gasteiger partial charge is 0.573 e. The molecule has 0 saturated carbocycles. The Bertz CT molecular complexity index is 410. The normalized spacial score (nSPS) is 13.2. The Morgan fingerprint density at radius 1 is 1.32 bits per heavy atom. The minimum absolute atomic E-state index is 0.313. The van der Waals surface area contributed by atoms with Crippen molar-refractivity contribution in [3.05, 3.63) is 23.8 Å². The highest BCUT2D eigenvalue weighted by atomic mass is 19.4. The number of alkyl halides is 3. The van der Waals surface area contributed by atoms with Gasteiger partial charge in [0.05, 0.1) is 7.11 Å². The number of methoxy groups -OCH3 is 1. The van der Waals surface area contributed by atoms with Crippen LogP contribution in [0.4, 0.5) is 13.2 Å². The van der Waals surface area contributed by atoms with Gasteiger partial charge in [-0.1, -0.05) is 0 Å². The van der Waals surface area contributed by atoms with Crippen LogP contribution in [0.3, 0.4) is 0 Å². The third kappa shape index (κ3) is 4.96. The van der Waals surface area contributed by atoms with Gasteiger partial charge in [0, 0.05) is 11.6 Å². The van der Waals surface area contributed by atoms with E-state index in [9.17, 15) is 13.2 Å². The molecule has 0 aliphatic rings. The maximum Gasteiger partial charge on any atom is 0.573 e. The first-order chi connectivity index (χ1) is 8.87. The summed E-state index contributed by atoms with van der Waals surface area (Å²) in [4.78, 5) is 0. The molecule has 0 amide bonds. The lowest BCUT2D eigenvalue weighted by Crippen LogP contribution is -2.18. The Labute approximate surface area is 109 Å². The van der Waals surface area contributed by atoms with E-state index in [0.29, 0.717) is 30.7 Å². The molecule has 0 radical (unpaired) electrons. The molecule has 7 heteroatoms. The van der Waals surface area contributed by atoms with Gasteiger partial charge in [-0.05, 0) is 37.6 Å². The highest BCUT2D eigenvalue weighted by Crippen LogP contribution is 2.32. The van der Waals surface area contributed by atoms with Gasteiger partial charge in [0.15, 0.2) is 0 Å². The first-order valence-corrected chi connectivity index (χ1v) is 5.76. The Morgan fingerprint density at radius 2 is 2.00 bits per heavy atom. The van der Waals surface area contributed by atoms with Gasteiger partial charge in [-0.3, -0.25) is 0 Å². The molecular formula is C12H17F3N2O2. The number of benzene rings is 1. The lowest BCUT2D eigenvalue weighted by atomic mass is 10.0. The first kappa shape index (κ1) is 15.6. The van der Waals surface area contributed by atoms with E-state index in [1.165, 1.54) is 25.3 Å². The number of ether oxygens (including phenoxy) is 2. The number of rotatable bonds is 6. The van der Waals surface area contributed by atoms with Crippen molar-refractivity contribution in [2.24, 2.45) is 11.5 Å². The zero-order chi connectivity index (χ0) is 14.5. The summed E-state index contributed by atoms with van der Waals surface area (Å²) in [6.07, 6.45) is -3.50. The molecule has 108 valence electrons. The molecule has 1 aromatic carbocycles. The molecule has 0 aromatic heterocycles. The van der Waals surface area contributed by atoms with Crippen LogP contribution in [0.1, 0.15) is 24.4 Å². The van der Waals surface area contributed by atoms with Crippen molar-refractivity contribution in [3.8, 4) is 11.5 Å². The third-order valence-electron chi connectivity index (χ3n) is 2.55. The van der Waals surface area contributed by atoms with Gasteiger partial charge in [-0.25, -0.2) is 0 Å². The van der Waals surface area contributed by atoms with Gasteiger partial charge in [0.1, 0.15) is 11.5 Å². The maximum atomic E-state index is 12.2. The van der Waals surface area contributed by atoms with Gasteiger partial charge < -0.3 is 20.9 Å². The predicted molar refractivity (Wildman–Crippen MR) is 64.9 cm³/mol. The van der Waals surface area contributed by atoms with Crippen molar-refractivity contribution >= 4 is 0 Å². The van der Waals surface area contributed by atoms with Crippen LogP contribution in [0.25, 0.3) is 0 Å². The van der Waals surface area contributed by atoms with Crippen molar-refractivity contribution in [3.63, 3.8) is 0 Å². The minimum atomic E-state index is -4.73. The maximum absolute atomic E-state index is 12.2. The second-order valence-corrected chi connectivity index (χ2v) is 3.99.